The van der Waals surface area contributed by atoms with E-state index in [1.54, 1.807) is 6.92 Å². The highest BCUT2D eigenvalue weighted by molar-refractivity contribution is 6.36. The Balaban J connectivity index is 4.05. The van der Waals surface area contributed by atoms with Crippen LogP contribution in [0.25, 0.3) is 0 Å². The molecule has 0 fully saturated rings. The zero-order chi connectivity index (χ0) is 11.0. The number of ketones is 1. The van der Waals surface area contributed by atoms with Gasteiger partial charge >= 0.3 is 0 Å². The normalized spacial score (nSPS) is 11.8. The second-order valence-electron chi connectivity index (χ2n) is 2.82. The largest absolute Gasteiger partial charge is 0.345 e. The van der Waals surface area contributed by atoms with Crippen molar-refractivity contribution < 1.29 is 9.59 Å². The lowest BCUT2D eigenvalue weighted by molar-refractivity contribution is -0.137. The maximum absolute atomic E-state index is 11.1. The topological polar surface area (TPSA) is 46.2 Å². The van der Waals surface area contributed by atoms with Crippen LogP contribution in [0.1, 0.15) is 27.2 Å². The van der Waals surface area contributed by atoms with Gasteiger partial charge in [0.2, 0.25) is 5.78 Å². The van der Waals surface area contributed by atoms with Crippen molar-refractivity contribution in [3.63, 3.8) is 0 Å². The number of hydrogen-bond acceptors (Lipinski definition) is 2. The van der Waals surface area contributed by atoms with Crippen LogP contribution in [0.4, 0.5) is 0 Å². The van der Waals surface area contributed by atoms with Gasteiger partial charge in [0.05, 0.1) is 0 Å². The summed E-state index contributed by atoms with van der Waals surface area (Å²) in [4.78, 5) is 22.0. The first-order valence-electron chi connectivity index (χ1n) is 4.74. The molecule has 0 aromatic heterocycles. The Bertz CT molecular complexity index is 264. The maximum atomic E-state index is 11.1. The van der Waals surface area contributed by atoms with Crippen LogP contribution >= 0.6 is 0 Å². The summed E-state index contributed by atoms with van der Waals surface area (Å²) in [7, 11) is 0. The average Bonchev–Trinajstić information content (AvgIpc) is 2.22. The van der Waals surface area contributed by atoms with Gasteiger partial charge in [-0.1, -0.05) is 25.2 Å². The number of rotatable bonds is 5. The van der Waals surface area contributed by atoms with Gasteiger partial charge in [0.1, 0.15) is 0 Å². The van der Waals surface area contributed by atoms with Crippen LogP contribution in [0.15, 0.2) is 23.8 Å². The third kappa shape index (κ3) is 4.60. The van der Waals surface area contributed by atoms with Crippen molar-refractivity contribution in [1.29, 1.82) is 0 Å². The molecule has 0 aliphatic carbocycles. The number of carbonyl (C=O) groups excluding carboxylic acids is 2. The van der Waals surface area contributed by atoms with Crippen molar-refractivity contribution in [3.05, 3.63) is 23.8 Å². The van der Waals surface area contributed by atoms with Crippen LogP contribution in [0.5, 0.6) is 0 Å². The number of nitrogens with one attached hydrogen (secondary N) is 1. The van der Waals surface area contributed by atoms with Crippen molar-refractivity contribution in [2.75, 3.05) is 6.54 Å². The lowest BCUT2D eigenvalue weighted by Gasteiger charge is -2.03. The van der Waals surface area contributed by atoms with E-state index in [9.17, 15) is 9.59 Å². The molecule has 0 saturated carbocycles. The van der Waals surface area contributed by atoms with Crippen molar-refractivity contribution in [2.24, 2.45) is 0 Å². The summed E-state index contributed by atoms with van der Waals surface area (Å²) in [5.41, 5.74) is 0.991. The van der Waals surface area contributed by atoms with Crippen LogP contribution < -0.4 is 5.32 Å². The fourth-order valence-electron chi connectivity index (χ4n) is 0.913. The quantitative estimate of drug-likeness (QED) is 0.535. The summed E-state index contributed by atoms with van der Waals surface area (Å²) in [6.07, 6.45) is 5.94. The average molecular weight is 195 g/mol. The Morgan fingerprint density at radius 1 is 1.29 bits per heavy atom. The summed E-state index contributed by atoms with van der Waals surface area (Å²) in [6, 6.07) is 0. The van der Waals surface area contributed by atoms with Crippen molar-refractivity contribution in [2.45, 2.75) is 27.2 Å². The summed E-state index contributed by atoms with van der Waals surface area (Å²) < 4.78 is 0. The lowest BCUT2D eigenvalue weighted by Crippen LogP contribution is -2.31. The molecule has 0 atom stereocenters. The van der Waals surface area contributed by atoms with E-state index in [1.165, 1.54) is 0 Å². The van der Waals surface area contributed by atoms with Crippen molar-refractivity contribution in [1.82, 2.24) is 5.32 Å². The van der Waals surface area contributed by atoms with Crippen molar-refractivity contribution in [3.8, 4) is 0 Å². The maximum Gasteiger partial charge on any atom is 0.287 e. The van der Waals surface area contributed by atoms with E-state index in [0.717, 1.165) is 5.57 Å². The molecule has 0 aromatic rings. The molecular weight excluding hydrogens is 178 g/mol. The van der Waals surface area contributed by atoms with Gasteiger partial charge in [-0.05, 0) is 19.4 Å². The lowest BCUT2D eigenvalue weighted by atomic mass is 10.2. The second kappa shape index (κ2) is 7.06. The molecule has 0 rings (SSSR count). The van der Waals surface area contributed by atoms with Gasteiger partial charge in [-0.2, -0.15) is 0 Å². The van der Waals surface area contributed by atoms with E-state index in [-0.39, 0.29) is 12.2 Å². The number of carbonyl (C=O) groups is 2. The molecule has 0 aliphatic rings. The van der Waals surface area contributed by atoms with Gasteiger partial charge in [-0.25, -0.2) is 0 Å². The van der Waals surface area contributed by atoms with E-state index in [2.05, 4.69) is 5.32 Å². The molecule has 1 amide bonds. The SMILES string of the molecule is C/C=C\C(=C/C)CNC(=O)C(=O)CC. The number of amides is 1. The van der Waals surface area contributed by atoms with Crippen LogP contribution in [0.2, 0.25) is 0 Å². The Morgan fingerprint density at radius 3 is 2.36 bits per heavy atom. The van der Waals surface area contributed by atoms with Gasteiger partial charge in [-0.3, -0.25) is 9.59 Å². The van der Waals surface area contributed by atoms with E-state index >= 15 is 0 Å². The Morgan fingerprint density at radius 2 is 1.93 bits per heavy atom. The molecule has 3 nitrogen and oxygen atoms in total. The molecule has 0 aromatic carbocycles. The fourth-order valence-corrected chi connectivity index (χ4v) is 0.913. The molecule has 0 spiro atoms. The summed E-state index contributed by atoms with van der Waals surface area (Å²) >= 11 is 0. The van der Waals surface area contributed by atoms with E-state index in [4.69, 9.17) is 0 Å². The summed E-state index contributed by atoms with van der Waals surface area (Å²) in [6.45, 7) is 5.88. The number of Topliss-reactive ketones (excluding diaryl/α,β-unsaturated/α-hetero) is 1. The first-order chi connectivity index (χ1) is 6.65. The van der Waals surface area contributed by atoms with Crippen LogP contribution in [0, 0.1) is 0 Å². The molecule has 78 valence electrons. The summed E-state index contributed by atoms with van der Waals surface area (Å²) in [5.74, 6) is -0.878. The monoisotopic (exact) mass is 195 g/mol. The third-order valence-corrected chi connectivity index (χ3v) is 1.78. The number of allylic oxidation sites excluding steroid dienone is 2. The second-order valence-corrected chi connectivity index (χ2v) is 2.82. The number of hydrogen-bond donors (Lipinski definition) is 1. The van der Waals surface area contributed by atoms with Crippen LogP contribution in [-0.4, -0.2) is 18.2 Å². The van der Waals surface area contributed by atoms with E-state index in [1.807, 2.05) is 32.1 Å². The Kier molecular flexibility index (Phi) is 6.37. The van der Waals surface area contributed by atoms with Gasteiger partial charge in [0.15, 0.2) is 0 Å². The molecule has 0 aliphatic heterocycles. The highest BCUT2D eigenvalue weighted by atomic mass is 16.2. The first-order valence-corrected chi connectivity index (χ1v) is 4.74. The molecule has 0 unspecified atom stereocenters. The van der Waals surface area contributed by atoms with Crippen molar-refractivity contribution >= 4 is 11.7 Å². The van der Waals surface area contributed by atoms with Crippen LogP contribution in [-0.2, 0) is 9.59 Å². The zero-order valence-electron chi connectivity index (χ0n) is 8.96. The van der Waals surface area contributed by atoms with E-state index in [0.29, 0.717) is 6.54 Å². The fraction of sp³-hybridized carbons (Fsp3) is 0.455. The molecule has 0 bridgehead atoms. The van der Waals surface area contributed by atoms with Gasteiger partial charge in [0.25, 0.3) is 5.91 Å². The predicted octanol–water partition coefficient (Wildman–Crippen LogP) is 1.60. The van der Waals surface area contributed by atoms with E-state index < -0.39 is 5.91 Å². The first kappa shape index (κ1) is 12.6. The minimum Gasteiger partial charge on any atom is -0.345 e. The molecular formula is C11H17NO2. The molecule has 3 heteroatoms. The van der Waals surface area contributed by atoms with Gasteiger partial charge in [0, 0.05) is 13.0 Å². The zero-order valence-corrected chi connectivity index (χ0v) is 8.96. The highest BCUT2D eigenvalue weighted by Crippen LogP contribution is 1.94. The third-order valence-electron chi connectivity index (χ3n) is 1.78. The minimum atomic E-state index is -0.503. The molecule has 14 heavy (non-hydrogen) atoms. The van der Waals surface area contributed by atoms with Gasteiger partial charge in [-0.15, -0.1) is 0 Å². The Labute approximate surface area is 84.9 Å². The Hall–Kier alpha value is -1.38. The predicted molar refractivity (Wildman–Crippen MR) is 56.9 cm³/mol. The van der Waals surface area contributed by atoms with Gasteiger partial charge < -0.3 is 5.32 Å². The highest BCUT2D eigenvalue weighted by Gasteiger charge is 2.09. The molecule has 0 radical (unpaired) electrons. The molecule has 0 saturated heterocycles. The van der Waals surface area contributed by atoms with Crippen LogP contribution in [0.3, 0.4) is 0 Å². The minimum absolute atomic E-state index is 0.251. The smallest absolute Gasteiger partial charge is 0.287 e. The molecule has 0 heterocycles. The summed E-state index contributed by atoms with van der Waals surface area (Å²) in [5, 5.41) is 2.56. The standard InChI is InChI=1S/C11H17NO2/c1-4-7-9(5-2)8-12-11(14)10(13)6-3/h4-5,7H,6,8H2,1-3H3,(H,12,14)/b7-4-,9-5+. The molecule has 1 N–H and O–H groups in total.